The molecule has 1 atom stereocenters. The fourth-order valence-corrected chi connectivity index (χ4v) is 3.68. The zero-order valence-electron chi connectivity index (χ0n) is 12.0. The number of ether oxygens (including phenoxy) is 1. The van der Waals surface area contributed by atoms with Crippen LogP contribution in [0.15, 0.2) is 18.2 Å². The topological polar surface area (TPSA) is 21.3 Å². The van der Waals surface area contributed by atoms with Gasteiger partial charge in [0.05, 0.1) is 7.11 Å². The highest BCUT2D eigenvalue weighted by Gasteiger charge is 2.23. The van der Waals surface area contributed by atoms with E-state index >= 15 is 0 Å². The average Bonchev–Trinajstić information content (AvgIpc) is 3.01. The van der Waals surface area contributed by atoms with Gasteiger partial charge in [0.2, 0.25) is 0 Å². The Balaban J connectivity index is 1.87. The number of nitrogens with one attached hydrogen (secondary N) is 1. The minimum Gasteiger partial charge on any atom is -0.496 e. The molecule has 0 bridgehead atoms. The van der Waals surface area contributed by atoms with Crippen molar-refractivity contribution in [3.8, 4) is 5.75 Å². The van der Waals surface area contributed by atoms with E-state index in [4.69, 9.17) is 4.74 Å². The Hall–Kier alpha value is -1.02. The Morgan fingerprint density at radius 2 is 1.89 bits per heavy atom. The monoisotopic (exact) mass is 259 g/mol. The first-order chi connectivity index (χ1) is 9.38. The molecule has 0 radical (unpaired) electrons. The minimum atomic E-state index is 0.637. The summed E-state index contributed by atoms with van der Waals surface area (Å²) in [5, 5.41) is 3.47. The highest BCUT2D eigenvalue weighted by molar-refractivity contribution is 5.41. The summed E-state index contributed by atoms with van der Waals surface area (Å²) in [6.07, 6.45) is 8.20. The van der Waals surface area contributed by atoms with E-state index in [1.165, 1.54) is 44.1 Å². The van der Waals surface area contributed by atoms with Crippen LogP contribution >= 0.6 is 0 Å². The first-order valence-electron chi connectivity index (χ1n) is 7.77. The maximum Gasteiger partial charge on any atom is 0.122 e. The molecule has 2 fully saturated rings. The SMILES string of the molecule is COc1ccc(C2CCCCC2)cc1C1CCNC1. The third-order valence-electron chi connectivity index (χ3n) is 4.83. The highest BCUT2D eigenvalue weighted by Crippen LogP contribution is 2.37. The van der Waals surface area contributed by atoms with Gasteiger partial charge in [0, 0.05) is 12.5 Å². The van der Waals surface area contributed by atoms with E-state index < -0.39 is 0 Å². The van der Waals surface area contributed by atoms with Crippen LogP contribution in [-0.2, 0) is 0 Å². The minimum absolute atomic E-state index is 0.637. The van der Waals surface area contributed by atoms with Crippen molar-refractivity contribution in [3.05, 3.63) is 29.3 Å². The van der Waals surface area contributed by atoms with Gasteiger partial charge in [-0.3, -0.25) is 0 Å². The Morgan fingerprint density at radius 1 is 1.05 bits per heavy atom. The number of methoxy groups -OCH3 is 1. The fourth-order valence-electron chi connectivity index (χ4n) is 3.68. The summed E-state index contributed by atoms with van der Waals surface area (Å²) in [5.41, 5.74) is 2.97. The molecule has 1 aliphatic heterocycles. The first-order valence-corrected chi connectivity index (χ1v) is 7.77. The lowest BCUT2D eigenvalue weighted by Gasteiger charge is -2.24. The van der Waals surface area contributed by atoms with Gasteiger partial charge < -0.3 is 10.1 Å². The third-order valence-corrected chi connectivity index (χ3v) is 4.83. The summed E-state index contributed by atoms with van der Waals surface area (Å²) in [6.45, 7) is 2.24. The molecule has 0 amide bonds. The van der Waals surface area contributed by atoms with Crippen LogP contribution in [0.1, 0.15) is 61.5 Å². The van der Waals surface area contributed by atoms with Gasteiger partial charge in [-0.25, -0.2) is 0 Å². The molecule has 104 valence electrons. The standard InChI is InChI=1S/C17H25NO/c1-19-17-8-7-14(13-5-3-2-4-6-13)11-16(17)15-9-10-18-12-15/h7-8,11,13,15,18H,2-6,9-10,12H2,1H3. The second-order valence-electron chi connectivity index (χ2n) is 6.03. The maximum absolute atomic E-state index is 5.57. The van der Waals surface area contributed by atoms with E-state index in [9.17, 15) is 0 Å². The molecule has 19 heavy (non-hydrogen) atoms. The molecule has 1 N–H and O–H groups in total. The lowest BCUT2D eigenvalue weighted by molar-refractivity contribution is 0.404. The summed E-state index contributed by atoms with van der Waals surface area (Å²) in [7, 11) is 1.79. The van der Waals surface area contributed by atoms with E-state index in [2.05, 4.69) is 23.5 Å². The maximum atomic E-state index is 5.57. The predicted molar refractivity (Wildman–Crippen MR) is 79.0 cm³/mol. The number of benzene rings is 1. The first kappa shape index (κ1) is 13.0. The van der Waals surface area contributed by atoms with Gasteiger partial charge >= 0.3 is 0 Å². The second-order valence-corrected chi connectivity index (χ2v) is 6.03. The van der Waals surface area contributed by atoms with Crippen LogP contribution in [0.2, 0.25) is 0 Å². The summed E-state index contributed by atoms with van der Waals surface area (Å²) in [6, 6.07) is 6.92. The van der Waals surface area contributed by atoms with Crippen molar-refractivity contribution >= 4 is 0 Å². The molecule has 1 aromatic rings. The number of hydrogen-bond donors (Lipinski definition) is 1. The van der Waals surface area contributed by atoms with Crippen LogP contribution in [0.4, 0.5) is 0 Å². The van der Waals surface area contributed by atoms with Crippen LogP contribution in [-0.4, -0.2) is 20.2 Å². The Morgan fingerprint density at radius 3 is 2.58 bits per heavy atom. The molecule has 1 saturated carbocycles. The molecule has 0 aromatic heterocycles. The van der Waals surface area contributed by atoms with Crippen molar-refractivity contribution < 1.29 is 4.74 Å². The molecule has 2 heteroatoms. The molecule has 1 aliphatic carbocycles. The van der Waals surface area contributed by atoms with Gasteiger partial charge in [-0.1, -0.05) is 31.4 Å². The normalized spacial score (nSPS) is 24.6. The van der Waals surface area contributed by atoms with E-state index in [1.807, 2.05) is 0 Å². The van der Waals surface area contributed by atoms with E-state index in [0.29, 0.717) is 5.92 Å². The lowest BCUT2D eigenvalue weighted by Crippen LogP contribution is -2.10. The van der Waals surface area contributed by atoms with Gasteiger partial charge in [0.1, 0.15) is 5.75 Å². The molecule has 3 rings (SSSR count). The molecular weight excluding hydrogens is 234 g/mol. The Bertz CT molecular complexity index is 417. The van der Waals surface area contributed by atoms with Crippen LogP contribution in [0.3, 0.4) is 0 Å². The third kappa shape index (κ3) is 2.79. The smallest absolute Gasteiger partial charge is 0.122 e. The summed E-state index contributed by atoms with van der Waals surface area (Å²) in [5.74, 6) is 2.50. The largest absolute Gasteiger partial charge is 0.496 e. The summed E-state index contributed by atoms with van der Waals surface area (Å²) < 4.78 is 5.57. The molecule has 1 unspecified atom stereocenters. The van der Waals surface area contributed by atoms with Gasteiger partial charge in [0.15, 0.2) is 0 Å². The lowest BCUT2D eigenvalue weighted by atomic mass is 9.82. The van der Waals surface area contributed by atoms with Crippen molar-refractivity contribution in [2.45, 2.75) is 50.4 Å². The van der Waals surface area contributed by atoms with Crippen LogP contribution in [0.25, 0.3) is 0 Å². The summed E-state index contributed by atoms with van der Waals surface area (Å²) in [4.78, 5) is 0. The van der Waals surface area contributed by atoms with Crippen molar-refractivity contribution in [1.82, 2.24) is 5.32 Å². The highest BCUT2D eigenvalue weighted by atomic mass is 16.5. The number of hydrogen-bond acceptors (Lipinski definition) is 2. The molecule has 2 nitrogen and oxygen atoms in total. The molecule has 1 saturated heterocycles. The van der Waals surface area contributed by atoms with E-state index in [-0.39, 0.29) is 0 Å². The van der Waals surface area contributed by atoms with Gasteiger partial charge in [-0.2, -0.15) is 0 Å². The molecule has 1 heterocycles. The zero-order valence-corrected chi connectivity index (χ0v) is 12.0. The van der Waals surface area contributed by atoms with Crippen LogP contribution in [0.5, 0.6) is 5.75 Å². The van der Waals surface area contributed by atoms with Crippen molar-refractivity contribution in [2.75, 3.05) is 20.2 Å². The number of rotatable bonds is 3. The Kier molecular flexibility index (Phi) is 4.07. The van der Waals surface area contributed by atoms with Gasteiger partial charge in [-0.05, 0) is 48.9 Å². The fraction of sp³-hybridized carbons (Fsp3) is 0.647. The van der Waals surface area contributed by atoms with Crippen LogP contribution < -0.4 is 10.1 Å². The van der Waals surface area contributed by atoms with Crippen molar-refractivity contribution in [2.24, 2.45) is 0 Å². The molecular formula is C17H25NO. The van der Waals surface area contributed by atoms with Crippen molar-refractivity contribution in [1.29, 1.82) is 0 Å². The van der Waals surface area contributed by atoms with Gasteiger partial charge in [-0.15, -0.1) is 0 Å². The summed E-state index contributed by atoms with van der Waals surface area (Å²) >= 11 is 0. The zero-order chi connectivity index (χ0) is 13.1. The Labute approximate surface area is 116 Å². The van der Waals surface area contributed by atoms with Gasteiger partial charge in [0.25, 0.3) is 0 Å². The molecule has 2 aliphatic rings. The van der Waals surface area contributed by atoms with Crippen molar-refractivity contribution in [3.63, 3.8) is 0 Å². The second kappa shape index (κ2) is 5.96. The predicted octanol–water partition coefficient (Wildman–Crippen LogP) is 3.82. The average molecular weight is 259 g/mol. The van der Waals surface area contributed by atoms with E-state index in [1.54, 1.807) is 12.7 Å². The molecule has 0 spiro atoms. The molecule has 1 aromatic carbocycles. The quantitative estimate of drug-likeness (QED) is 0.891. The van der Waals surface area contributed by atoms with Crippen LogP contribution in [0, 0.1) is 0 Å². The van der Waals surface area contributed by atoms with E-state index in [0.717, 1.165) is 24.8 Å².